The summed E-state index contributed by atoms with van der Waals surface area (Å²) < 4.78 is 42.0. The van der Waals surface area contributed by atoms with E-state index in [1.165, 1.54) is 0 Å². The lowest BCUT2D eigenvalue weighted by molar-refractivity contribution is -0.147. The number of carboxylic acids is 2. The largest absolute Gasteiger partial charge is 0.496 e. The summed E-state index contributed by atoms with van der Waals surface area (Å²) in [6, 6.07) is 17.1. The molecule has 2 aliphatic rings. The number of ether oxygens (including phenoxy) is 2. The summed E-state index contributed by atoms with van der Waals surface area (Å²) in [6.07, 6.45) is 4.42. The van der Waals surface area contributed by atoms with Crippen LogP contribution in [-0.2, 0) is 22.7 Å². The lowest BCUT2D eigenvalue weighted by Crippen LogP contribution is -2.44. The number of nitrogens with zero attached hydrogens (tertiary/aromatic N) is 7. The molecule has 3 heterocycles. The Morgan fingerprint density at radius 3 is 2.19 bits per heavy atom. The van der Waals surface area contributed by atoms with Crippen molar-refractivity contribution in [2.45, 2.75) is 70.1 Å². The first-order chi connectivity index (χ1) is 29.8. The standard InChI is InChI=1S/C45H47ClF2N8O6/c1-54(27-13-11-25(12-14-27)44(57)58)22-24-15-35-40(49-20-24)42(53-43(52-35)41(47)48)51-34-9-5-8-31(39(34)46)30-7-6-10-36-32(30)21-50-56(36)29-18-37(61-3)33(38(19-29)62-4)23-55(2)28-16-26(17-28)45(59)60/h5-10,15,18-21,25-28,41H,11-14,16-17,22-23H2,1-4H3,(H,57,58)(H,59,60)(H,51,52,53). The number of benzene rings is 3. The van der Waals surface area contributed by atoms with Crippen LogP contribution >= 0.6 is 11.6 Å². The molecule has 0 unspecified atom stereocenters. The number of methoxy groups -OCH3 is 2. The maximum atomic E-state index is 14.2. The maximum absolute atomic E-state index is 14.2. The molecule has 2 fully saturated rings. The third kappa shape index (κ3) is 8.46. The minimum Gasteiger partial charge on any atom is -0.496 e. The highest BCUT2D eigenvalue weighted by Gasteiger charge is 2.37. The van der Waals surface area contributed by atoms with E-state index in [0.29, 0.717) is 77.7 Å². The lowest BCUT2D eigenvalue weighted by atomic mass is 9.79. The van der Waals surface area contributed by atoms with E-state index in [4.69, 9.17) is 26.2 Å². The fourth-order valence-corrected chi connectivity index (χ4v) is 9.04. The predicted octanol–water partition coefficient (Wildman–Crippen LogP) is 8.75. The van der Waals surface area contributed by atoms with Crippen LogP contribution in [-0.4, -0.2) is 97.1 Å². The Labute approximate surface area is 361 Å². The number of rotatable bonds is 15. The molecule has 3 N–H and O–H groups in total. The third-order valence-electron chi connectivity index (χ3n) is 12.4. The second kappa shape index (κ2) is 17.8. The first kappa shape index (κ1) is 42.7. The van der Waals surface area contributed by atoms with Gasteiger partial charge in [0, 0.05) is 54.5 Å². The number of aromatic nitrogens is 5. The summed E-state index contributed by atoms with van der Waals surface area (Å²) in [4.78, 5) is 40.1. The van der Waals surface area contributed by atoms with Crippen molar-refractivity contribution in [3.63, 3.8) is 0 Å². The van der Waals surface area contributed by atoms with Gasteiger partial charge in [-0.25, -0.2) is 23.4 Å². The Balaban J connectivity index is 1.06. The van der Waals surface area contributed by atoms with Crippen LogP contribution in [0.25, 0.3) is 38.8 Å². The topological polar surface area (TPSA) is 168 Å². The molecule has 0 bridgehead atoms. The summed E-state index contributed by atoms with van der Waals surface area (Å²) in [5, 5.41) is 27.8. The van der Waals surface area contributed by atoms with Crippen molar-refractivity contribution in [3.8, 4) is 28.3 Å². The number of fused-ring (bicyclic) bond motifs is 2. The van der Waals surface area contributed by atoms with E-state index in [0.717, 1.165) is 40.4 Å². The molecule has 3 aromatic heterocycles. The number of alkyl halides is 2. The summed E-state index contributed by atoms with van der Waals surface area (Å²) in [5.74, 6) is -1.53. The molecule has 17 heteroatoms. The molecule has 0 spiro atoms. The summed E-state index contributed by atoms with van der Waals surface area (Å²) >= 11 is 7.15. The van der Waals surface area contributed by atoms with Crippen LogP contribution in [0.1, 0.15) is 61.9 Å². The van der Waals surface area contributed by atoms with Gasteiger partial charge in [0.05, 0.1) is 65.2 Å². The van der Waals surface area contributed by atoms with Crippen molar-refractivity contribution < 1.29 is 38.1 Å². The lowest BCUT2D eigenvalue weighted by Gasteiger charge is -2.39. The van der Waals surface area contributed by atoms with Gasteiger partial charge in [-0.2, -0.15) is 5.10 Å². The summed E-state index contributed by atoms with van der Waals surface area (Å²) in [6.45, 7) is 0.985. The Hall–Kier alpha value is -5.97. The molecular formula is C45H47ClF2N8O6. The van der Waals surface area contributed by atoms with E-state index in [2.05, 4.69) is 30.1 Å². The SMILES string of the molecule is COc1cc(-n2ncc3c(-c4cccc(Nc5nc(C(F)F)nc6cc(CN(C)C7CCC(C(=O)O)CC7)cnc56)c4Cl)cccc32)cc(OC)c1CN(C)C1CC(C(=O)O)C1. The van der Waals surface area contributed by atoms with Crippen LogP contribution in [0, 0.1) is 11.8 Å². The number of carboxylic acid groups (broad SMARTS) is 2. The van der Waals surface area contributed by atoms with Gasteiger partial charge in [0.25, 0.3) is 6.43 Å². The molecule has 8 rings (SSSR count). The van der Waals surface area contributed by atoms with E-state index in [1.54, 1.807) is 43.4 Å². The van der Waals surface area contributed by atoms with Crippen LogP contribution in [0.15, 0.2) is 67.0 Å². The average molecular weight is 869 g/mol. The van der Waals surface area contributed by atoms with Gasteiger partial charge in [0.1, 0.15) is 17.0 Å². The monoisotopic (exact) mass is 868 g/mol. The zero-order chi connectivity index (χ0) is 43.8. The fourth-order valence-electron chi connectivity index (χ4n) is 8.76. The molecule has 3 aromatic carbocycles. The Morgan fingerprint density at radius 1 is 0.871 bits per heavy atom. The minimum atomic E-state index is -2.94. The molecule has 0 atom stereocenters. The van der Waals surface area contributed by atoms with Gasteiger partial charge in [-0.15, -0.1) is 0 Å². The van der Waals surface area contributed by atoms with E-state index in [9.17, 15) is 28.6 Å². The molecule has 0 aliphatic heterocycles. The van der Waals surface area contributed by atoms with Gasteiger partial charge < -0.3 is 25.0 Å². The number of aliphatic carboxylic acids is 2. The normalized spacial score (nSPS) is 19.0. The Bertz CT molecular complexity index is 2620. The number of hydrogen-bond donors (Lipinski definition) is 3. The van der Waals surface area contributed by atoms with Crippen molar-refractivity contribution in [2.75, 3.05) is 33.6 Å². The van der Waals surface area contributed by atoms with E-state index < -0.39 is 24.2 Å². The van der Waals surface area contributed by atoms with E-state index in [1.807, 2.05) is 56.6 Å². The zero-order valence-corrected chi connectivity index (χ0v) is 35.4. The molecule has 62 heavy (non-hydrogen) atoms. The van der Waals surface area contributed by atoms with Crippen molar-refractivity contribution in [3.05, 3.63) is 89.0 Å². The fraction of sp³-hybridized carbons (Fsp3) is 0.378. The van der Waals surface area contributed by atoms with Gasteiger partial charge in [0.2, 0.25) is 0 Å². The number of halogens is 3. The summed E-state index contributed by atoms with van der Waals surface area (Å²) in [7, 11) is 7.13. The zero-order valence-electron chi connectivity index (χ0n) is 34.7. The number of anilines is 2. The molecule has 0 radical (unpaired) electrons. The van der Waals surface area contributed by atoms with Gasteiger partial charge in [-0.1, -0.05) is 35.9 Å². The first-order valence-corrected chi connectivity index (χ1v) is 20.8. The first-order valence-electron chi connectivity index (χ1n) is 20.4. The molecule has 324 valence electrons. The maximum Gasteiger partial charge on any atom is 0.306 e. The van der Waals surface area contributed by atoms with E-state index in [-0.39, 0.29) is 35.3 Å². The second-order valence-electron chi connectivity index (χ2n) is 16.2. The van der Waals surface area contributed by atoms with Crippen LogP contribution in [0.3, 0.4) is 0 Å². The smallest absolute Gasteiger partial charge is 0.306 e. The number of pyridine rings is 1. The van der Waals surface area contributed by atoms with Crippen LogP contribution in [0.5, 0.6) is 11.5 Å². The van der Waals surface area contributed by atoms with Crippen LogP contribution in [0.2, 0.25) is 5.02 Å². The van der Waals surface area contributed by atoms with Crippen LogP contribution < -0.4 is 14.8 Å². The highest BCUT2D eigenvalue weighted by atomic mass is 35.5. The Morgan fingerprint density at radius 2 is 1.53 bits per heavy atom. The molecule has 0 amide bonds. The van der Waals surface area contributed by atoms with Crippen molar-refractivity contribution in [1.29, 1.82) is 0 Å². The van der Waals surface area contributed by atoms with E-state index >= 15 is 0 Å². The molecule has 14 nitrogen and oxygen atoms in total. The molecule has 6 aromatic rings. The van der Waals surface area contributed by atoms with Gasteiger partial charge in [0.15, 0.2) is 11.6 Å². The highest BCUT2D eigenvalue weighted by Crippen LogP contribution is 2.41. The molecule has 0 saturated heterocycles. The minimum absolute atomic E-state index is 0.0805. The predicted molar refractivity (Wildman–Crippen MR) is 231 cm³/mol. The Kier molecular flexibility index (Phi) is 12.3. The van der Waals surface area contributed by atoms with Gasteiger partial charge >= 0.3 is 11.9 Å². The van der Waals surface area contributed by atoms with Crippen molar-refractivity contribution in [2.24, 2.45) is 11.8 Å². The van der Waals surface area contributed by atoms with Crippen molar-refractivity contribution in [1.82, 2.24) is 34.5 Å². The number of carbonyl (C=O) groups is 2. The second-order valence-corrected chi connectivity index (χ2v) is 16.6. The molecular weight excluding hydrogens is 822 g/mol. The number of hydrogen-bond acceptors (Lipinski definition) is 11. The van der Waals surface area contributed by atoms with Gasteiger partial charge in [-0.05, 0) is 81.9 Å². The average Bonchev–Trinajstić information content (AvgIpc) is 3.68. The third-order valence-corrected chi connectivity index (χ3v) is 12.8. The molecule has 2 aliphatic carbocycles. The summed E-state index contributed by atoms with van der Waals surface area (Å²) in [5.41, 5.74) is 5.51. The van der Waals surface area contributed by atoms with Gasteiger partial charge in [-0.3, -0.25) is 24.4 Å². The molecule has 2 saturated carbocycles. The highest BCUT2D eigenvalue weighted by molar-refractivity contribution is 6.36. The van der Waals surface area contributed by atoms with Crippen molar-refractivity contribution >= 4 is 57.0 Å². The quantitative estimate of drug-likeness (QED) is 0.0897. The van der Waals surface area contributed by atoms with Crippen LogP contribution in [0.4, 0.5) is 20.3 Å². The number of nitrogens with one attached hydrogen (secondary N) is 1.